The molecule has 0 radical (unpaired) electrons. The van der Waals surface area contributed by atoms with Gasteiger partial charge in [0.25, 0.3) is 0 Å². The van der Waals surface area contributed by atoms with Gasteiger partial charge in [-0.05, 0) is 31.4 Å². The second-order valence-corrected chi connectivity index (χ2v) is 4.76. The van der Waals surface area contributed by atoms with Gasteiger partial charge in [-0.15, -0.1) is 11.6 Å². The van der Waals surface area contributed by atoms with Crippen molar-refractivity contribution in [1.29, 1.82) is 0 Å². The minimum atomic E-state index is 0.443. The van der Waals surface area contributed by atoms with Crippen molar-refractivity contribution in [2.24, 2.45) is 0 Å². The highest BCUT2D eigenvalue weighted by Crippen LogP contribution is 2.32. The molecule has 0 unspecified atom stereocenters. The smallest absolute Gasteiger partial charge is 0.165 e. The average Bonchev–Trinajstić information content (AvgIpc) is 2.36. The van der Waals surface area contributed by atoms with Gasteiger partial charge in [0.05, 0.1) is 19.1 Å². The van der Waals surface area contributed by atoms with Crippen LogP contribution in [0.2, 0.25) is 0 Å². The Bertz CT molecular complexity index is 331. The number of rotatable bonds is 8. The van der Waals surface area contributed by atoms with Crippen LogP contribution >= 0.6 is 23.4 Å². The predicted molar refractivity (Wildman–Crippen MR) is 75.7 cm³/mol. The first-order valence-corrected chi connectivity index (χ1v) is 7.68. The van der Waals surface area contributed by atoms with E-state index in [4.69, 9.17) is 21.1 Å². The highest BCUT2D eigenvalue weighted by atomic mass is 35.5. The van der Waals surface area contributed by atoms with E-state index in [1.54, 1.807) is 0 Å². The summed E-state index contributed by atoms with van der Waals surface area (Å²) < 4.78 is 11.3. The lowest BCUT2D eigenvalue weighted by Crippen LogP contribution is -2.04. The van der Waals surface area contributed by atoms with E-state index in [9.17, 15) is 0 Å². The molecule has 0 aliphatic rings. The normalized spacial score (nSPS) is 10.3. The van der Waals surface area contributed by atoms with Crippen molar-refractivity contribution >= 4 is 23.4 Å². The summed E-state index contributed by atoms with van der Waals surface area (Å²) in [6.45, 7) is 3.30. The number of ether oxygens (including phenoxy) is 2. The Kier molecular flexibility index (Phi) is 7.29. The lowest BCUT2D eigenvalue weighted by atomic mass is 10.2. The SMILES string of the molecule is CCOc1cccc(CCl)c1OCCCSC. The van der Waals surface area contributed by atoms with Gasteiger partial charge in [-0.25, -0.2) is 0 Å². The third-order valence-corrected chi connectivity index (χ3v) is 3.23. The van der Waals surface area contributed by atoms with E-state index in [0.29, 0.717) is 19.1 Å². The maximum Gasteiger partial charge on any atom is 0.165 e. The van der Waals surface area contributed by atoms with Crippen LogP contribution in [0.25, 0.3) is 0 Å². The Morgan fingerprint density at radius 1 is 1.29 bits per heavy atom. The molecule has 1 rings (SSSR count). The molecule has 0 amide bonds. The number of alkyl halides is 1. The summed E-state index contributed by atoms with van der Waals surface area (Å²) in [6, 6.07) is 5.83. The molecule has 0 aliphatic heterocycles. The summed E-state index contributed by atoms with van der Waals surface area (Å²) in [4.78, 5) is 0. The van der Waals surface area contributed by atoms with Crippen molar-refractivity contribution in [3.8, 4) is 11.5 Å². The van der Waals surface area contributed by atoms with Gasteiger partial charge in [-0.3, -0.25) is 0 Å². The van der Waals surface area contributed by atoms with E-state index in [2.05, 4.69) is 6.26 Å². The van der Waals surface area contributed by atoms with Crippen LogP contribution in [-0.2, 0) is 5.88 Å². The Labute approximate surface area is 113 Å². The highest BCUT2D eigenvalue weighted by molar-refractivity contribution is 7.98. The molecule has 0 bridgehead atoms. The number of halogens is 1. The number of para-hydroxylation sites is 1. The van der Waals surface area contributed by atoms with Gasteiger partial charge in [0.15, 0.2) is 11.5 Å². The first-order valence-electron chi connectivity index (χ1n) is 5.75. The zero-order valence-electron chi connectivity index (χ0n) is 10.4. The summed E-state index contributed by atoms with van der Waals surface area (Å²) in [5.74, 6) is 3.13. The van der Waals surface area contributed by atoms with E-state index in [0.717, 1.165) is 29.2 Å². The van der Waals surface area contributed by atoms with Gasteiger partial charge < -0.3 is 9.47 Å². The van der Waals surface area contributed by atoms with Crippen LogP contribution in [0.5, 0.6) is 11.5 Å². The maximum absolute atomic E-state index is 5.90. The third kappa shape index (κ3) is 4.68. The molecule has 0 saturated heterocycles. The molecule has 0 aliphatic carbocycles. The van der Waals surface area contributed by atoms with Crippen molar-refractivity contribution in [3.63, 3.8) is 0 Å². The average molecular weight is 275 g/mol. The summed E-state index contributed by atoms with van der Waals surface area (Å²) >= 11 is 7.73. The van der Waals surface area contributed by atoms with Gasteiger partial charge in [-0.2, -0.15) is 11.8 Å². The van der Waals surface area contributed by atoms with Gasteiger partial charge >= 0.3 is 0 Å². The second-order valence-electron chi connectivity index (χ2n) is 3.51. The molecule has 1 aromatic rings. The van der Waals surface area contributed by atoms with Crippen LogP contribution in [0.4, 0.5) is 0 Å². The molecule has 0 aromatic heterocycles. The molecule has 2 nitrogen and oxygen atoms in total. The fourth-order valence-corrected chi connectivity index (χ4v) is 2.09. The lowest BCUT2D eigenvalue weighted by molar-refractivity contribution is 0.276. The van der Waals surface area contributed by atoms with Crippen LogP contribution in [-0.4, -0.2) is 25.2 Å². The van der Waals surface area contributed by atoms with E-state index in [1.165, 1.54) is 0 Å². The van der Waals surface area contributed by atoms with Crippen molar-refractivity contribution in [1.82, 2.24) is 0 Å². The van der Waals surface area contributed by atoms with Crippen molar-refractivity contribution in [2.75, 3.05) is 25.2 Å². The standard InChI is InChI=1S/C13H19ClO2S/c1-3-15-12-7-4-6-11(10-14)13(12)16-8-5-9-17-2/h4,6-7H,3,5,8-10H2,1-2H3. The molecule has 0 fully saturated rings. The molecule has 0 spiro atoms. The van der Waals surface area contributed by atoms with E-state index in [1.807, 2.05) is 36.9 Å². The highest BCUT2D eigenvalue weighted by Gasteiger charge is 2.09. The van der Waals surface area contributed by atoms with Gasteiger partial charge in [-0.1, -0.05) is 12.1 Å². The number of hydrogen-bond donors (Lipinski definition) is 0. The first-order chi connectivity index (χ1) is 8.33. The van der Waals surface area contributed by atoms with Crippen LogP contribution < -0.4 is 9.47 Å². The summed E-state index contributed by atoms with van der Waals surface area (Å²) in [5.41, 5.74) is 0.988. The Morgan fingerprint density at radius 2 is 2.12 bits per heavy atom. The predicted octanol–water partition coefficient (Wildman–Crippen LogP) is 3.96. The molecule has 4 heteroatoms. The van der Waals surface area contributed by atoms with Crippen LogP contribution in [0, 0.1) is 0 Å². The zero-order valence-corrected chi connectivity index (χ0v) is 11.9. The molecule has 0 heterocycles. The molecule has 1 aromatic carbocycles. The van der Waals surface area contributed by atoms with E-state index >= 15 is 0 Å². The summed E-state index contributed by atoms with van der Waals surface area (Å²) in [5, 5.41) is 0. The van der Waals surface area contributed by atoms with Gasteiger partial charge in [0.2, 0.25) is 0 Å². The summed E-state index contributed by atoms with van der Waals surface area (Å²) in [7, 11) is 0. The van der Waals surface area contributed by atoms with Gasteiger partial charge in [0, 0.05) is 5.56 Å². The first kappa shape index (κ1) is 14.5. The number of benzene rings is 1. The van der Waals surface area contributed by atoms with Crippen molar-refractivity contribution < 1.29 is 9.47 Å². The Morgan fingerprint density at radius 3 is 2.76 bits per heavy atom. The molecule has 17 heavy (non-hydrogen) atoms. The van der Waals surface area contributed by atoms with Crippen molar-refractivity contribution in [3.05, 3.63) is 23.8 Å². The summed E-state index contributed by atoms with van der Waals surface area (Å²) in [6.07, 6.45) is 3.13. The van der Waals surface area contributed by atoms with E-state index < -0.39 is 0 Å². The molecular formula is C13H19ClO2S. The maximum atomic E-state index is 5.90. The molecule has 96 valence electrons. The largest absolute Gasteiger partial charge is 0.490 e. The monoisotopic (exact) mass is 274 g/mol. The van der Waals surface area contributed by atoms with Crippen LogP contribution in [0.15, 0.2) is 18.2 Å². The number of thioether (sulfide) groups is 1. The van der Waals surface area contributed by atoms with Crippen LogP contribution in [0.1, 0.15) is 18.9 Å². The zero-order chi connectivity index (χ0) is 12.5. The quantitative estimate of drug-likeness (QED) is 0.528. The Balaban J connectivity index is 2.70. The van der Waals surface area contributed by atoms with Gasteiger partial charge in [0.1, 0.15) is 0 Å². The third-order valence-electron chi connectivity index (χ3n) is 2.24. The fourth-order valence-electron chi connectivity index (χ4n) is 1.48. The fraction of sp³-hybridized carbons (Fsp3) is 0.538. The van der Waals surface area contributed by atoms with Crippen molar-refractivity contribution in [2.45, 2.75) is 19.2 Å². The molecule has 0 saturated carbocycles. The van der Waals surface area contributed by atoms with E-state index in [-0.39, 0.29) is 0 Å². The minimum Gasteiger partial charge on any atom is -0.490 e. The van der Waals surface area contributed by atoms with Crippen LogP contribution in [0.3, 0.4) is 0 Å². The Hall–Kier alpha value is -0.540. The second kappa shape index (κ2) is 8.54. The molecular weight excluding hydrogens is 256 g/mol. The number of hydrogen-bond acceptors (Lipinski definition) is 3. The topological polar surface area (TPSA) is 18.5 Å². The molecule has 0 N–H and O–H groups in total. The molecule has 0 atom stereocenters. The lowest BCUT2D eigenvalue weighted by Gasteiger charge is -2.14. The minimum absolute atomic E-state index is 0.443.